The molecule has 7 nitrogen and oxygen atoms in total. The highest BCUT2D eigenvalue weighted by Crippen LogP contribution is 2.55. The Morgan fingerprint density at radius 3 is 2.49 bits per heavy atom. The van der Waals surface area contributed by atoms with Gasteiger partial charge in [0.15, 0.2) is 0 Å². The Labute approximate surface area is 211 Å². The van der Waals surface area contributed by atoms with E-state index in [0.717, 1.165) is 64.9 Å². The van der Waals surface area contributed by atoms with Gasteiger partial charge in [-0.15, -0.1) is 11.3 Å². The smallest absolute Gasteiger partial charge is 0.234 e. The van der Waals surface area contributed by atoms with Gasteiger partial charge in [0.1, 0.15) is 18.5 Å². The summed E-state index contributed by atoms with van der Waals surface area (Å²) in [5, 5.41) is 15.1. The number of ether oxygens (including phenoxy) is 1. The van der Waals surface area contributed by atoms with Gasteiger partial charge in [-0.2, -0.15) is 0 Å². The summed E-state index contributed by atoms with van der Waals surface area (Å²) in [5.74, 6) is 3.50. The molecule has 5 fully saturated rings. The number of hydrogen-bond donors (Lipinski definition) is 2. The van der Waals surface area contributed by atoms with E-state index in [0.29, 0.717) is 13.1 Å². The first-order valence-corrected chi connectivity index (χ1v) is 14.2. The molecule has 2 aromatic rings. The number of aromatic nitrogens is 1. The Morgan fingerprint density at radius 2 is 1.80 bits per heavy atom. The second kappa shape index (κ2) is 9.61. The van der Waals surface area contributed by atoms with Gasteiger partial charge in [0.25, 0.3) is 0 Å². The van der Waals surface area contributed by atoms with Crippen LogP contribution in [-0.2, 0) is 4.79 Å². The molecule has 0 radical (unpaired) electrons. The van der Waals surface area contributed by atoms with E-state index < -0.39 is 6.10 Å². The predicted molar refractivity (Wildman–Crippen MR) is 138 cm³/mol. The van der Waals surface area contributed by atoms with Crippen molar-refractivity contribution < 1.29 is 14.6 Å². The Balaban J connectivity index is 0.919. The van der Waals surface area contributed by atoms with E-state index >= 15 is 0 Å². The van der Waals surface area contributed by atoms with Crippen LogP contribution >= 0.6 is 11.3 Å². The van der Waals surface area contributed by atoms with E-state index in [1.807, 2.05) is 25.1 Å². The highest BCUT2D eigenvalue weighted by Gasteiger charge is 2.51. The largest absolute Gasteiger partial charge is 0.491 e. The van der Waals surface area contributed by atoms with Crippen LogP contribution in [0.3, 0.4) is 0 Å². The van der Waals surface area contributed by atoms with Gasteiger partial charge in [0.05, 0.1) is 21.8 Å². The van der Waals surface area contributed by atoms with Crippen molar-refractivity contribution in [2.45, 2.75) is 57.1 Å². The number of aliphatic hydroxyl groups is 1. The average Bonchev–Trinajstić information content (AvgIpc) is 3.17. The standard InChI is InChI=1S/C27H38N4O3S/c1-18-28-24-11-23(2-3-25(24)35-18)34-17-22(32)15-30-4-6-31(7-5-30)16-26(33)29-27-12-19-8-20(13-27)10-21(9-19)14-27/h2-3,11,19-22,32H,4-10,12-17H2,1H3,(H,29,33). The summed E-state index contributed by atoms with van der Waals surface area (Å²) in [4.78, 5) is 22.0. The van der Waals surface area contributed by atoms with Crippen molar-refractivity contribution >= 4 is 27.5 Å². The molecule has 4 saturated carbocycles. The van der Waals surface area contributed by atoms with E-state index in [9.17, 15) is 9.90 Å². The van der Waals surface area contributed by atoms with Crippen molar-refractivity contribution in [3.63, 3.8) is 0 Å². The van der Waals surface area contributed by atoms with Crippen molar-refractivity contribution in [3.8, 4) is 5.75 Å². The maximum absolute atomic E-state index is 12.9. The zero-order chi connectivity index (χ0) is 24.0. The SMILES string of the molecule is Cc1nc2cc(OCC(O)CN3CCN(CC(=O)NC45CC6CC(CC(C6)C4)C5)CC3)ccc2s1. The molecule has 35 heavy (non-hydrogen) atoms. The monoisotopic (exact) mass is 498 g/mol. The summed E-state index contributed by atoms with van der Waals surface area (Å²) in [6.07, 6.45) is 7.26. The summed E-state index contributed by atoms with van der Waals surface area (Å²) in [6, 6.07) is 5.92. The van der Waals surface area contributed by atoms with Crippen LogP contribution in [0.5, 0.6) is 5.75 Å². The number of nitrogens with one attached hydrogen (secondary N) is 1. The quantitative estimate of drug-likeness (QED) is 0.583. The van der Waals surface area contributed by atoms with E-state index in [-0.39, 0.29) is 18.1 Å². The number of nitrogens with zero attached hydrogens (tertiary/aromatic N) is 3. The highest BCUT2D eigenvalue weighted by molar-refractivity contribution is 7.18. The second-order valence-corrected chi connectivity index (χ2v) is 12.9. The number of rotatable bonds is 8. The van der Waals surface area contributed by atoms with Gasteiger partial charge in [0.2, 0.25) is 5.91 Å². The number of aliphatic hydroxyl groups excluding tert-OH is 1. The minimum Gasteiger partial charge on any atom is -0.491 e. The van der Waals surface area contributed by atoms with E-state index in [1.54, 1.807) is 11.3 Å². The van der Waals surface area contributed by atoms with Crippen molar-refractivity contribution in [1.29, 1.82) is 0 Å². The van der Waals surface area contributed by atoms with Gasteiger partial charge >= 0.3 is 0 Å². The number of amides is 1. The molecule has 2 N–H and O–H groups in total. The van der Waals surface area contributed by atoms with Gasteiger partial charge in [-0.1, -0.05) is 0 Å². The molecule has 4 bridgehead atoms. The van der Waals surface area contributed by atoms with Gasteiger partial charge in [0, 0.05) is 44.3 Å². The number of piperazine rings is 1. The number of fused-ring (bicyclic) bond motifs is 1. The maximum atomic E-state index is 12.9. The fourth-order valence-corrected chi connectivity index (χ4v) is 8.39. The predicted octanol–water partition coefficient (Wildman–Crippen LogP) is 3.05. The number of carbonyl (C=O) groups is 1. The lowest BCUT2D eigenvalue weighted by Gasteiger charge is -2.57. The summed E-state index contributed by atoms with van der Waals surface area (Å²) in [6.45, 7) is 6.82. The fraction of sp³-hybridized carbons (Fsp3) is 0.704. The molecule has 7 rings (SSSR count). The average molecular weight is 499 g/mol. The van der Waals surface area contributed by atoms with Crippen molar-refractivity contribution in [3.05, 3.63) is 23.2 Å². The molecule has 1 amide bonds. The lowest BCUT2D eigenvalue weighted by molar-refractivity contribution is -0.128. The number of hydrogen-bond acceptors (Lipinski definition) is 7. The molecule has 1 aromatic carbocycles. The fourth-order valence-electron chi connectivity index (χ4n) is 7.59. The number of thiazole rings is 1. The van der Waals surface area contributed by atoms with Crippen LogP contribution in [0.15, 0.2) is 18.2 Å². The van der Waals surface area contributed by atoms with E-state index in [1.165, 1.54) is 38.5 Å². The summed E-state index contributed by atoms with van der Waals surface area (Å²) in [7, 11) is 0. The number of benzene rings is 1. The lowest BCUT2D eigenvalue weighted by atomic mass is 9.53. The van der Waals surface area contributed by atoms with Crippen LogP contribution in [0, 0.1) is 24.7 Å². The zero-order valence-electron chi connectivity index (χ0n) is 20.7. The Hall–Kier alpha value is -1.74. The number of aryl methyl sites for hydroxylation is 1. The molecule has 190 valence electrons. The zero-order valence-corrected chi connectivity index (χ0v) is 21.6. The highest BCUT2D eigenvalue weighted by atomic mass is 32.1. The van der Waals surface area contributed by atoms with Crippen LogP contribution < -0.4 is 10.1 Å². The molecule has 1 aromatic heterocycles. The number of carbonyl (C=O) groups excluding carboxylic acids is 1. The Bertz CT molecular complexity index is 1030. The first kappa shape index (κ1) is 23.6. The molecule has 1 saturated heterocycles. The third-order valence-electron chi connectivity index (χ3n) is 8.65. The molecule has 1 unspecified atom stereocenters. The van der Waals surface area contributed by atoms with Crippen LogP contribution in [0.4, 0.5) is 0 Å². The first-order chi connectivity index (χ1) is 16.9. The van der Waals surface area contributed by atoms with Gasteiger partial charge in [-0.05, 0) is 75.3 Å². The summed E-state index contributed by atoms with van der Waals surface area (Å²) < 4.78 is 6.99. The van der Waals surface area contributed by atoms with E-state index in [2.05, 4.69) is 20.1 Å². The molecule has 2 heterocycles. The van der Waals surface area contributed by atoms with Crippen LogP contribution in [0.25, 0.3) is 10.2 Å². The third kappa shape index (κ3) is 5.36. The van der Waals surface area contributed by atoms with Gasteiger partial charge in [-0.25, -0.2) is 4.98 Å². The molecular formula is C27H38N4O3S. The molecule has 0 spiro atoms. The molecule has 5 aliphatic rings. The van der Waals surface area contributed by atoms with Crippen LogP contribution in [0.1, 0.15) is 43.5 Å². The van der Waals surface area contributed by atoms with Gasteiger partial charge in [-0.3, -0.25) is 14.6 Å². The van der Waals surface area contributed by atoms with Crippen molar-refractivity contribution in [2.24, 2.45) is 17.8 Å². The lowest BCUT2D eigenvalue weighted by Crippen LogP contribution is -2.61. The van der Waals surface area contributed by atoms with Crippen molar-refractivity contribution in [2.75, 3.05) is 45.9 Å². The first-order valence-electron chi connectivity index (χ1n) is 13.4. The minimum atomic E-state index is -0.547. The maximum Gasteiger partial charge on any atom is 0.234 e. The van der Waals surface area contributed by atoms with Crippen molar-refractivity contribution in [1.82, 2.24) is 20.1 Å². The molecule has 8 heteroatoms. The molecule has 1 atom stereocenters. The van der Waals surface area contributed by atoms with E-state index in [4.69, 9.17) is 4.74 Å². The van der Waals surface area contributed by atoms with Crippen LogP contribution in [-0.4, -0.2) is 83.3 Å². The topological polar surface area (TPSA) is 77.9 Å². The third-order valence-corrected chi connectivity index (χ3v) is 9.60. The molecular weight excluding hydrogens is 460 g/mol. The second-order valence-electron chi connectivity index (χ2n) is 11.7. The Morgan fingerprint density at radius 1 is 1.14 bits per heavy atom. The minimum absolute atomic E-state index is 0.0978. The van der Waals surface area contributed by atoms with Crippen LogP contribution in [0.2, 0.25) is 0 Å². The molecule has 1 aliphatic heterocycles. The summed E-state index contributed by atoms with van der Waals surface area (Å²) >= 11 is 1.67. The summed E-state index contributed by atoms with van der Waals surface area (Å²) in [5.41, 5.74) is 1.04. The molecule has 4 aliphatic carbocycles. The normalized spacial score (nSPS) is 31.7. The number of β-amino-alcohol motifs (C(OH)–C–C–N with tert-alkyl or cyclic N) is 1. The Kier molecular flexibility index (Phi) is 6.50. The van der Waals surface area contributed by atoms with Gasteiger partial charge < -0.3 is 15.2 Å².